The summed E-state index contributed by atoms with van der Waals surface area (Å²) in [6, 6.07) is 5.19. The molecule has 1 aliphatic rings. The highest BCUT2D eigenvalue weighted by Crippen LogP contribution is 2.30. The van der Waals surface area contributed by atoms with Crippen LogP contribution in [0.1, 0.15) is 30.8 Å². The number of aliphatic hydroxyl groups excluding tert-OH is 1. The number of aliphatic imine (C=N–C) groups is 1. The van der Waals surface area contributed by atoms with Crippen molar-refractivity contribution in [1.82, 2.24) is 4.57 Å². The van der Waals surface area contributed by atoms with E-state index in [-0.39, 0.29) is 29.3 Å². The van der Waals surface area contributed by atoms with E-state index < -0.39 is 17.6 Å². The summed E-state index contributed by atoms with van der Waals surface area (Å²) < 4.78 is 34.1. The van der Waals surface area contributed by atoms with E-state index in [1.807, 2.05) is 0 Å². The van der Waals surface area contributed by atoms with Crippen LogP contribution < -0.4 is 0 Å². The number of carbonyl (C=O) groups excluding carboxylic acids is 1. The van der Waals surface area contributed by atoms with Gasteiger partial charge in [0.25, 0.3) is 0 Å². The molecule has 0 unspecified atom stereocenters. The Morgan fingerprint density at radius 2 is 1.96 bits per heavy atom. The van der Waals surface area contributed by atoms with Gasteiger partial charge in [0.15, 0.2) is 5.76 Å². The molecule has 1 N–H and O–H groups in total. The predicted molar refractivity (Wildman–Crippen MR) is 103 cm³/mol. The highest BCUT2D eigenvalue weighted by molar-refractivity contribution is 6.22. The van der Waals surface area contributed by atoms with Gasteiger partial charge in [-0.1, -0.05) is 0 Å². The molecule has 28 heavy (non-hydrogen) atoms. The molecule has 7 heteroatoms. The molecule has 0 saturated carbocycles. The number of esters is 1. The van der Waals surface area contributed by atoms with Gasteiger partial charge in [0.2, 0.25) is 0 Å². The Bertz CT molecular complexity index is 1060. The molecule has 0 fully saturated rings. The fraction of sp³-hybridized carbons (Fsp3) is 0.238. The van der Waals surface area contributed by atoms with Gasteiger partial charge in [-0.25, -0.2) is 18.6 Å². The maximum absolute atomic E-state index is 14.2. The molecular weight excluding hydrogens is 366 g/mol. The summed E-state index contributed by atoms with van der Waals surface area (Å²) in [4.78, 5) is 16.3. The molecule has 0 spiro atoms. The Labute approximate surface area is 161 Å². The number of benzene rings is 1. The summed E-state index contributed by atoms with van der Waals surface area (Å²) in [6.45, 7) is 7.05. The molecule has 146 valence electrons. The van der Waals surface area contributed by atoms with E-state index in [0.717, 1.165) is 11.8 Å². The van der Waals surface area contributed by atoms with Crippen LogP contribution in [-0.4, -0.2) is 28.0 Å². The monoisotopic (exact) mass is 386 g/mol. The number of nitrogens with zero attached hydrogens (tertiary/aromatic N) is 2. The first-order valence-corrected chi connectivity index (χ1v) is 8.77. The van der Waals surface area contributed by atoms with Gasteiger partial charge in [0.05, 0.1) is 18.0 Å². The summed E-state index contributed by atoms with van der Waals surface area (Å²) in [5, 5.41) is 10.4. The molecule has 1 aromatic carbocycles. The van der Waals surface area contributed by atoms with E-state index in [0.29, 0.717) is 17.0 Å². The number of carbonyl (C=O) groups is 1. The summed E-state index contributed by atoms with van der Waals surface area (Å²) >= 11 is 0. The molecular formula is C21H20F2N2O3. The molecule has 5 nitrogen and oxygen atoms in total. The lowest BCUT2D eigenvalue weighted by Gasteiger charge is -2.10. The third-order valence-electron chi connectivity index (χ3n) is 4.52. The van der Waals surface area contributed by atoms with E-state index in [4.69, 9.17) is 4.74 Å². The van der Waals surface area contributed by atoms with Gasteiger partial charge in [-0.3, -0.25) is 0 Å². The van der Waals surface area contributed by atoms with Gasteiger partial charge in [-0.05, 0) is 57.5 Å². The first-order valence-electron chi connectivity index (χ1n) is 8.77. The minimum atomic E-state index is -0.678. The molecule has 1 aromatic heterocycles. The average molecular weight is 386 g/mol. The minimum Gasteiger partial charge on any atom is -0.505 e. The Morgan fingerprint density at radius 1 is 1.25 bits per heavy atom. The quantitative estimate of drug-likeness (QED) is 0.784. The van der Waals surface area contributed by atoms with E-state index in [1.54, 1.807) is 44.4 Å². The lowest BCUT2D eigenvalue weighted by molar-refractivity contribution is -0.138. The van der Waals surface area contributed by atoms with Crippen LogP contribution in [0.25, 0.3) is 11.8 Å². The largest absolute Gasteiger partial charge is 0.505 e. The molecule has 3 rings (SSSR count). The van der Waals surface area contributed by atoms with Crippen molar-refractivity contribution in [2.45, 2.75) is 27.7 Å². The van der Waals surface area contributed by atoms with Crippen LogP contribution >= 0.6 is 0 Å². The Hall–Kier alpha value is -3.22. The van der Waals surface area contributed by atoms with Gasteiger partial charge in [0.1, 0.15) is 22.9 Å². The van der Waals surface area contributed by atoms with Crippen molar-refractivity contribution in [3.63, 3.8) is 0 Å². The van der Waals surface area contributed by atoms with E-state index in [9.17, 15) is 18.7 Å². The zero-order chi connectivity index (χ0) is 20.6. The van der Waals surface area contributed by atoms with Crippen molar-refractivity contribution in [2.75, 3.05) is 6.61 Å². The van der Waals surface area contributed by atoms with Crippen molar-refractivity contribution in [3.05, 3.63) is 69.9 Å². The number of hydrogen-bond acceptors (Lipinski definition) is 4. The van der Waals surface area contributed by atoms with Gasteiger partial charge in [0, 0.05) is 17.5 Å². The number of rotatable bonds is 4. The maximum Gasteiger partial charge on any atom is 0.343 e. The molecule has 0 saturated heterocycles. The fourth-order valence-corrected chi connectivity index (χ4v) is 3.25. The Morgan fingerprint density at radius 3 is 2.61 bits per heavy atom. The van der Waals surface area contributed by atoms with Crippen LogP contribution in [-0.2, 0) is 9.53 Å². The highest BCUT2D eigenvalue weighted by Gasteiger charge is 2.28. The van der Waals surface area contributed by atoms with Crippen molar-refractivity contribution < 1.29 is 23.4 Å². The third kappa shape index (κ3) is 3.35. The number of aryl methyl sites for hydroxylation is 1. The Kier molecular flexibility index (Phi) is 5.18. The first-order chi connectivity index (χ1) is 13.2. The van der Waals surface area contributed by atoms with E-state index in [2.05, 4.69) is 4.99 Å². The van der Waals surface area contributed by atoms with Crippen molar-refractivity contribution in [1.29, 1.82) is 0 Å². The van der Waals surface area contributed by atoms with Crippen LogP contribution in [0, 0.1) is 25.5 Å². The van der Waals surface area contributed by atoms with Gasteiger partial charge in [-0.15, -0.1) is 0 Å². The molecule has 1 aliphatic heterocycles. The van der Waals surface area contributed by atoms with Crippen LogP contribution in [0.5, 0.6) is 0 Å². The highest BCUT2D eigenvalue weighted by atomic mass is 19.1. The summed E-state index contributed by atoms with van der Waals surface area (Å²) in [5.41, 5.74) is 2.93. The molecule has 0 bridgehead atoms. The van der Waals surface area contributed by atoms with E-state index in [1.165, 1.54) is 12.1 Å². The van der Waals surface area contributed by atoms with E-state index >= 15 is 0 Å². The number of halogens is 2. The SMILES string of the molecule is CCOC(=O)C1=C(O)/C(=C\c2cc(C)n(-c3ccc(F)cc3F)c2C)N=C1C. The second-order valence-electron chi connectivity index (χ2n) is 6.43. The summed E-state index contributed by atoms with van der Waals surface area (Å²) in [7, 11) is 0. The number of aliphatic hydroxyl groups is 1. The van der Waals surface area contributed by atoms with Gasteiger partial charge < -0.3 is 14.4 Å². The molecule has 0 atom stereocenters. The fourth-order valence-electron chi connectivity index (χ4n) is 3.25. The van der Waals surface area contributed by atoms with Crippen LogP contribution in [0.15, 0.2) is 46.3 Å². The van der Waals surface area contributed by atoms with Crippen LogP contribution in [0.3, 0.4) is 0 Å². The van der Waals surface area contributed by atoms with Crippen molar-refractivity contribution in [3.8, 4) is 5.69 Å². The second kappa shape index (κ2) is 7.42. The summed E-state index contributed by atoms with van der Waals surface area (Å²) in [6.07, 6.45) is 1.62. The molecule has 2 aromatic rings. The van der Waals surface area contributed by atoms with Gasteiger partial charge >= 0.3 is 5.97 Å². The second-order valence-corrected chi connectivity index (χ2v) is 6.43. The molecule has 2 heterocycles. The normalized spacial score (nSPS) is 15.4. The average Bonchev–Trinajstić information content (AvgIpc) is 3.04. The zero-order valence-corrected chi connectivity index (χ0v) is 16.0. The lowest BCUT2D eigenvalue weighted by atomic mass is 10.1. The Balaban J connectivity index is 2.06. The lowest BCUT2D eigenvalue weighted by Crippen LogP contribution is -2.13. The van der Waals surface area contributed by atoms with Gasteiger partial charge in [-0.2, -0.15) is 0 Å². The number of aromatic nitrogens is 1. The van der Waals surface area contributed by atoms with Crippen LogP contribution in [0.2, 0.25) is 0 Å². The molecule has 0 aliphatic carbocycles. The van der Waals surface area contributed by atoms with Crippen LogP contribution in [0.4, 0.5) is 8.78 Å². The molecule has 0 radical (unpaired) electrons. The minimum absolute atomic E-state index is 0.0338. The maximum atomic E-state index is 14.2. The first kappa shape index (κ1) is 19.5. The number of ether oxygens (including phenoxy) is 1. The topological polar surface area (TPSA) is 63.8 Å². The standard InChI is InChI=1S/C21H20F2N2O3/c1-5-28-21(27)19-12(3)24-17(20(19)26)9-14-8-11(2)25(13(14)4)18-7-6-15(22)10-16(18)23/h6-10,26H,5H2,1-4H3/b17-9+. The number of hydrogen-bond donors (Lipinski definition) is 1. The smallest absolute Gasteiger partial charge is 0.343 e. The summed E-state index contributed by atoms with van der Waals surface area (Å²) in [5.74, 6) is -2.22. The van der Waals surface area contributed by atoms with Crippen molar-refractivity contribution in [2.24, 2.45) is 4.99 Å². The van der Waals surface area contributed by atoms with Crippen molar-refractivity contribution >= 4 is 17.8 Å². The molecule has 0 amide bonds. The third-order valence-corrected chi connectivity index (χ3v) is 4.52. The predicted octanol–water partition coefficient (Wildman–Crippen LogP) is 4.56. The zero-order valence-electron chi connectivity index (χ0n) is 16.0.